The molecule has 0 spiro atoms. The molecule has 3 N–H and O–H groups in total. The maximum atomic E-state index is 12.2. The Labute approximate surface area is 197 Å². The third-order valence-corrected chi connectivity index (χ3v) is 6.43. The van der Waals surface area contributed by atoms with Crippen molar-refractivity contribution < 1.29 is 34.1 Å². The highest BCUT2D eigenvalue weighted by Crippen LogP contribution is 2.44. The number of aliphatic hydroxyl groups is 1. The summed E-state index contributed by atoms with van der Waals surface area (Å²) >= 11 is 0. The fourth-order valence-electron chi connectivity index (χ4n) is 4.47. The number of carbonyl (C=O) groups is 3. The van der Waals surface area contributed by atoms with Crippen LogP contribution in [0.3, 0.4) is 0 Å². The molecule has 1 fully saturated rings. The molecule has 180 valence electrons. The van der Waals surface area contributed by atoms with Gasteiger partial charge in [0.2, 0.25) is 5.91 Å². The second-order valence-corrected chi connectivity index (χ2v) is 8.52. The van der Waals surface area contributed by atoms with E-state index in [1.165, 1.54) is 4.90 Å². The van der Waals surface area contributed by atoms with Crippen molar-refractivity contribution in [1.29, 1.82) is 0 Å². The molecule has 2 aromatic carbocycles. The fraction of sp³-hybridized carbons (Fsp3) is 0.400. The molecule has 0 unspecified atom stereocenters. The molecule has 1 heterocycles. The zero-order chi connectivity index (χ0) is 24.1. The molecule has 1 aliphatic carbocycles. The minimum absolute atomic E-state index is 0.0165. The predicted molar refractivity (Wildman–Crippen MR) is 122 cm³/mol. The maximum Gasteiger partial charge on any atom is 0.407 e. The average molecular weight is 469 g/mol. The Hall–Kier alpha value is -3.43. The lowest BCUT2D eigenvalue weighted by Gasteiger charge is -2.35. The first-order valence-electron chi connectivity index (χ1n) is 11.3. The molecule has 4 rings (SSSR count). The van der Waals surface area contributed by atoms with Crippen LogP contribution >= 0.6 is 0 Å². The number of carboxylic acids is 1. The molecule has 0 radical (unpaired) electrons. The number of aliphatic carboxylic acids is 1. The first kappa shape index (κ1) is 23.7. The number of fused-ring (bicyclic) bond motifs is 3. The lowest BCUT2D eigenvalue weighted by molar-refractivity contribution is -0.166. The Morgan fingerprint density at radius 2 is 1.59 bits per heavy atom. The average Bonchev–Trinajstić information content (AvgIpc) is 3.16. The number of carbonyl (C=O) groups excluding carboxylic acids is 2. The molecule has 34 heavy (non-hydrogen) atoms. The summed E-state index contributed by atoms with van der Waals surface area (Å²) in [6.07, 6.45) is -0.588. The molecular formula is C25H28N2O7. The number of benzene rings is 2. The standard InChI is InChI=1S/C25H28N2O7/c28-22(27-12-9-25(32,10-13-27)23(29)30)16-33-14-11-26-24(31)34-15-21-19-7-3-1-5-17(19)18-6-2-4-8-20(18)21/h1-8,21,32H,9-16H2,(H,26,31)(H,29,30). The van der Waals surface area contributed by atoms with Gasteiger partial charge < -0.3 is 29.9 Å². The molecule has 2 aromatic rings. The van der Waals surface area contributed by atoms with Crippen LogP contribution in [-0.4, -0.2) is 78.1 Å². The third kappa shape index (κ3) is 5.05. The SMILES string of the molecule is O=C(NCCOCC(=O)N1CCC(O)(C(=O)O)CC1)OCC1c2ccccc2-c2ccccc21. The van der Waals surface area contributed by atoms with Gasteiger partial charge in [-0.25, -0.2) is 9.59 Å². The van der Waals surface area contributed by atoms with Gasteiger partial charge in [-0.1, -0.05) is 48.5 Å². The molecule has 0 aromatic heterocycles. The predicted octanol–water partition coefficient (Wildman–Crippen LogP) is 1.98. The second kappa shape index (κ2) is 10.2. The van der Waals surface area contributed by atoms with Crippen molar-refractivity contribution in [2.75, 3.05) is 39.5 Å². The zero-order valence-corrected chi connectivity index (χ0v) is 18.7. The van der Waals surface area contributed by atoms with Crippen molar-refractivity contribution >= 4 is 18.0 Å². The van der Waals surface area contributed by atoms with Crippen molar-refractivity contribution in [1.82, 2.24) is 10.2 Å². The maximum absolute atomic E-state index is 12.2. The normalized spacial score (nSPS) is 16.4. The van der Waals surface area contributed by atoms with Crippen LogP contribution in [0.1, 0.15) is 29.9 Å². The number of nitrogens with one attached hydrogen (secondary N) is 1. The first-order valence-corrected chi connectivity index (χ1v) is 11.3. The van der Waals surface area contributed by atoms with Gasteiger partial charge in [-0.15, -0.1) is 0 Å². The van der Waals surface area contributed by atoms with Crippen LogP contribution in [0, 0.1) is 0 Å². The van der Waals surface area contributed by atoms with Crippen molar-refractivity contribution in [2.45, 2.75) is 24.4 Å². The van der Waals surface area contributed by atoms with Gasteiger partial charge in [-0.05, 0) is 22.3 Å². The topological polar surface area (TPSA) is 125 Å². The summed E-state index contributed by atoms with van der Waals surface area (Å²) in [6, 6.07) is 16.2. The lowest BCUT2D eigenvalue weighted by atomic mass is 9.92. The summed E-state index contributed by atoms with van der Waals surface area (Å²) in [5, 5.41) is 21.6. The van der Waals surface area contributed by atoms with Gasteiger partial charge in [0, 0.05) is 38.4 Å². The number of amides is 2. The summed E-state index contributed by atoms with van der Waals surface area (Å²) in [5.41, 5.74) is 2.82. The van der Waals surface area contributed by atoms with Gasteiger partial charge in [0.15, 0.2) is 5.60 Å². The van der Waals surface area contributed by atoms with Crippen molar-refractivity contribution in [3.63, 3.8) is 0 Å². The number of hydrogen-bond donors (Lipinski definition) is 3. The Balaban J connectivity index is 1.15. The van der Waals surface area contributed by atoms with E-state index in [1.807, 2.05) is 24.3 Å². The van der Waals surface area contributed by atoms with E-state index in [0.29, 0.717) is 0 Å². The van der Waals surface area contributed by atoms with Crippen LogP contribution in [0.15, 0.2) is 48.5 Å². The van der Waals surface area contributed by atoms with Gasteiger partial charge in [-0.2, -0.15) is 0 Å². The van der Waals surface area contributed by atoms with E-state index in [1.54, 1.807) is 0 Å². The summed E-state index contributed by atoms with van der Waals surface area (Å²) in [4.78, 5) is 36.9. The van der Waals surface area contributed by atoms with E-state index < -0.39 is 17.7 Å². The number of alkyl carbamates (subject to hydrolysis) is 1. The van der Waals surface area contributed by atoms with E-state index in [9.17, 15) is 19.5 Å². The highest BCUT2D eigenvalue weighted by molar-refractivity contribution is 5.80. The molecule has 0 atom stereocenters. The number of nitrogens with zero attached hydrogens (tertiary/aromatic N) is 1. The Morgan fingerprint density at radius 3 is 2.18 bits per heavy atom. The van der Waals surface area contributed by atoms with Crippen molar-refractivity contribution in [2.24, 2.45) is 0 Å². The minimum atomic E-state index is -1.77. The molecule has 1 saturated heterocycles. The number of piperidine rings is 1. The quantitative estimate of drug-likeness (QED) is 0.506. The summed E-state index contributed by atoms with van der Waals surface area (Å²) in [6.45, 7) is 0.659. The largest absolute Gasteiger partial charge is 0.479 e. The Kier molecular flexibility index (Phi) is 7.14. The number of carboxylic acid groups (broad SMARTS) is 1. The molecule has 0 bridgehead atoms. The minimum Gasteiger partial charge on any atom is -0.479 e. The Bertz CT molecular complexity index is 1020. The summed E-state index contributed by atoms with van der Waals surface area (Å²) < 4.78 is 10.8. The first-order chi connectivity index (χ1) is 16.4. The second-order valence-electron chi connectivity index (χ2n) is 8.52. The van der Waals surface area contributed by atoms with Crippen LogP contribution in [0.2, 0.25) is 0 Å². The number of rotatable bonds is 8. The number of hydrogen-bond acceptors (Lipinski definition) is 6. The molecule has 9 heteroatoms. The number of likely N-dealkylation sites (tertiary alicyclic amines) is 1. The van der Waals surface area contributed by atoms with Crippen LogP contribution in [-0.2, 0) is 19.1 Å². The number of ether oxygens (including phenoxy) is 2. The highest BCUT2D eigenvalue weighted by atomic mass is 16.5. The van der Waals surface area contributed by atoms with Crippen molar-refractivity contribution in [3.8, 4) is 11.1 Å². The van der Waals surface area contributed by atoms with Crippen molar-refractivity contribution in [3.05, 3.63) is 59.7 Å². The summed E-state index contributed by atoms with van der Waals surface area (Å²) in [7, 11) is 0. The van der Waals surface area contributed by atoms with E-state index in [-0.39, 0.29) is 64.1 Å². The molecule has 2 amide bonds. The van der Waals surface area contributed by atoms with Gasteiger partial charge in [0.25, 0.3) is 0 Å². The fourth-order valence-corrected chi connectivity index (χ4v) is 4.47. The molecule has 1 aliphatic heterocycles. The van der Waals surface area contributed by atoms with Gasteiger partial charge in [0.05, 0.1) is 6.61 Å². The van der Waals surface area contributed by atoms with E-state index in [4.69, 9.17) is 14.6 Å². The Morgan fingerprint density at radius 1 is 1.00 bits per heavy atom. The van der Waals surface area contributed by atoms with Crippen LogP contribution in [0.5, 0.6) is 0 Å². The molecular weight excluding hydrogens is 440 g/mol. The lowest BCUT2D eigenvalue weighted by Crippen LogP contribution is -2.51. The van der Waals surface area contributed by atoms with Gasteiger partial charge in [0.1, 0.15) is 13.2 Å². The third-order valence-electron chi connectivity index (χ3n) is 6.43. The van der Waals surface area contributed by atoms with E-state index >= 15 is 0 Å². The van der Waals surface area contributed by atoms with Gasteiger partial charge >= 0.3 is 12.1 Å². The van der Waals surface area contributed by atoms with Crippen LogP contribution in [0.25, 0.3) is 11.1 Å². The molecule has 0 saturated carbocycles. The van der Waals surface area contributed by atoms with E-state index in [0.717, 1.165) is 22.3 Å². The van der Waals surface area contributed by atoms with E-state index in [2.05, 4.69) is 29.6 Å². The molecule has 2 aliphatic rings. The molecule has 9 nitrogen and oxygen atoms in total. The van der Waals surface area contributed by atoms with Gasteiger partial charge in [-0.3, -0.25) is 4.79 Å². The summed E-state index contributed by atoms with van der Waals surface area (Å²) in [5.74, 6) is -1.57. The smallest absolute Gasteiger partial charge is 0.407 e. The van der Waals surface area contributed by atoms with Crippen LogP contribution in [0.4, 0.5) is 4.79 Å². The monoisotopic (exact) mass is 468 g/mol. The van der Waals surface area contributed by atoms with Crippen LogP contribution < -0.4 is 5.32 Å². The highest BCUT2D eigenvalue weighted by Gasteiger charge is 2.40. The zero-order valence-electron chi connectivity index (χ0n) is 18.7.